The second-order valence-corrected chi connectivity index (χ2v) is 13.5. The Balaban J connectivity index is 0.000000579. The van der Waals surface area contributed by atoms with Gasteiger partial charge in [0, 0.05) is 54.5 Å². The third-order valence-corrected chi connectivity index (χ3v) is 9.81. The van der Waals surface area contributed by atoms with Crippen molar-refractivity contribution < 1.29 is 23.1 Å². The summed E-state index contributed by atoms with van der Waals surface area (Å²) in [5, 5.41) is 23.9. The van der Waals surface area contributed by atoms with E-state index < -0.39 is 12.1 Å². The van der Waals surface area contributed by atoms with Gasteiger partial charge in [-0.1, -0.05) is 60.7 Å². The molecular weight excluding hydrogens is 726 g/mol. The van der Waals surface area contributed by atoms with Crippen molar-refractivity contribution in [2.24, 2.45) is 0 Å². The van der Waals surface area contributed by atoms with Crippen LogP contribution in [0.4, 0.5) is 19.1 Å². The number of halogens is 3. The van der Waals surface area contributed by atoms with Gasteiger partial charge < -0.3 is 14.6 Å². The summed E-state index contributed by atoms with van der Waals surface area (Å²) >= 11 is 0. The van der Waals surface area contributed by atoms with Gasteiger partial charge in [0.25, 0.3) is 0 Å². The number of aliphatic carboxylic acids is 1. The first kappa shape index (κ1) is 36.4. The van der Waals surface area contributed by atoms with Crippen LogP contribution in [-0.4, -0.2) is 91.7 Å². The third kappa shape index (κ3) is 8.07. The Morgan fingerprint density at radius 2 is 1.64 bits per heavy atom. The second kappa shape index (κ2) is 15.6. The van der Waals surface area contributed by atoms with E-state index >= 15 is 0 Å². The Hall–Kier alpha value is -6.62. The van der Waals surface area contributed by atoms with Gasteiger partial charge in [0.15, 0.2) is 17.3 Å². The lowest BCUT2D eigenvalue weighted by Crippen LogP contribution is -2.34. The normalized spacial score (nSPS) is 14.9. The number of pyridine rings is 2. The van der Waals surface area contributed by atoms with Crippen LogP contribution < -0.4 is 4.90 Å². The number of aromatic amines is 1. The molecule has 0 atom stereocenters. The average molecular weight is 761 g/mol. The lowest BCUT2D eigenvalue weighted by atomic mass is 9.95. The van der Waals surface area contributed by atoms with Gasteiger partial charge in [-0.15, -0.1) is 10.2 Å². The fourth-order valence-electron chi connectivity index (χ4n) is 6.86. The standard InChI is InChI=1S/C37H34N12.C2HF3O2/c1-2-6-26(7-3-1)30-20-29-21-39-37(48-18-19-49-24-40-44-32(49)23-48)43-34(29)41-33(30)27-11-9-25(10-12-27)22-47-16-13-28(14-17-47)35-42-36(46-45-35)31-8-4-5-15-38-31;3-2(4,5)1(6)7/h1-12,15,20-21,24,28H,13-14,16-19,22-23H2,(H,42,45,46);(H,6,7). The van der Waals surface area contributed by atoms with Crippen molar-refractivity contribution >= 4 is 23.0 Å². The van der Waals surface area contributed by atoms with Crippen molar-refractivity contribution in [2.45, 2.75) is 44.6 Å². The fourth-order valence-corrected chi connectivity index (χ4v) is 6.86. The topological polar surface area (TPSA) is 168 Å². The summed E-state index contributed by atoms with van der Waals surface area (Å²) in [5.74, 6) is 0.808. The molecule has 0 spiro atoms. The molecule has 14 nitrogen and oxygen atoms in total. The molecule has 17 heteroatoms. The molecule has 0 radical (unpaired) electrons. The van der Waals surface area contributed by atoms with E-state index in [4.69, 9.17) is 29.8 Å². The number of carbonyl (C=O) groups is 1. The number of aromatic nitrogens is 10. The minimum Gasteiger partial charge on any atom is -0.475 e. The molecule has 0 bridgehead atoms. The molecule has 7 heterocycles. The molecule has 2 N–H and O–H groups in total. The Morgan fingerprint density at radius 1 is 0.875 bits per heavy atom. The van der Waals surface area contributed by atoms with E-state index in [9.17, 15) is 13.2 Å². The summed E-state index contributed by atoms with van der Waals surface area (Å²) in [7, 11) is 0. The zero-order valence-electron chi connectivity index (χ0n) is 29.9. The molecule has 7 aromatic rings. The van der Waals surface area contributed by atoms with Crippen LogP contribution in [0.15, 0.2) is 97.6 Å². The number of piperidine rings is 1. The van der Waals surface area contributed by atoms with Crippen molar-refractivity contribution in [2.75, 3.05) is 24.5 Å². The SMILES string of the molecule is O=C(O)C(F)(F)F.c1ccc(-c2cc3cnc(N4CCn5cnnc5C4)nc3nc2-c2ccc(CN3CCC(c4nc(-c5ccccn5)n[nH]4)CC3)cc2)cc1. The Kier molecular flexibility index (Phi) is 10.1. The number of fused-ring (bicyclic) bond motifs is 2. The van der Waals surface area contributed by atoms with E-state index in [0.29, 0.717) is 29.9 Å². The predicted molar refractivity (Wildman–Crippen MR) is 200 cm³/mol. The minimum atomic E-state index is -5.08. The van der Waals surface area contributed by atoms with Crippen LogP contribution in [0.2, 0.25) is 0 Å². The quantitative estimate of drug-likeness (QED) is 0.190. The highest BCUT2D eigenvalue weighted by atomic mass is 19.4. The zero-order valence-corrected chi connectivity index (χ0v) is 29.9. The molecule has 2 aromatic carbocycles. The minimum absolute atomic E-state index is 0.374. The molecule has 0 saturated carbocycles. The Bertz CT molecular complexity index is 2430. The summed E-state index contributed by atoms with van der Waals surface area (Å²) in [6, 6.07) is 27.2. The van der Waals surface area contributed by atoms with Crippen molar-refractivity contribution in [3.05, 3.63) is 115 Å². The predicted octanol–water partition coefficient (Wildman–Crippen LogP) is 6.16. The number of hydrogen-bond acceptors (Lipinski definition) is 11. The molecular formula is C39H35F3N12O2. The third-order valence-electron chi connectivity index (χ3n) is 9.81. The number of hydrogen-bond donors (Lipinski definition) is 2. The van der Waals surface area contributed by atoms with Crippen molar-refractivity contribution in [1.82, 2.24) is 54.8 Å². The van der Waals surface area contributed by atoms with Crippen LogP contribution in [-0.2, 0) is 24.4 Å². The zero-order chi connectivity index (χ0) is 38.6. The first-order valence-corrected chi connectivity index (χ1v) is 18.0. The van der Waals surface area contributed by atoms with Crippen LogP contribution in [0.1, 0.15) is 36.0 Å². The number of carboxylic acid groups (broad SMARTS) is 1. The molecule has 56 heavy (non-hydrogen) atoms. The lowest BCUT2D eigenvalue weighted by molar-refractivity contribution is -0.192. The van der Waals surface area contributed by atoms with Gasteiger partial charge in [-0.05, 0) is 55.3 Å². The number of alkyl halides is 3. The van der Waals surface area contributed by atoms with Crippen LogP contribution in [0, 0.1) is 0 Å². The van der Waals surface area contributed by atoms with Crippen LogP contribution in [0.3, 0.4) is 0 Å². The van der Waals surface area contributed by atoms with Crippen molar-refractivity contribution in [3.8, 4) is 33.9 Å². The number of likely N-dealkylation sites (tertiary alicyclic amines) is 1. The number of nitrogens with zero attached hydrogens (tertiary/aromatic N) is 11. The van der Waals surface area contributed by atoms with E-state index in [1.165, 1.54) is 5.56 Å². The number of nitrogens with one attached hydrogen (secondary N) is 1. The van der Waals surface area contributed by atoms with Gasteiger partial charge in [-0.2, -0.15) is 23.3 Å². The summed E-state index contributed by atoms with van der Waals surface area (Å²) < 4.78 is 33.8. The van der Waals surface area contributed by atoms with Gasteiger partial charge in [-0.25, -0.2) is 19.7 Å². The van der Waals surface area contributed by atoms with E-state index in [1.54, 1.807) is 12.5 Å². The summed E-state index contributed by atoms with van der Waals surface area (Å²) in [6.07, 6.45) is 2.43. The Labute approximate surface area is 318 Å². The number of rotatable bonds is 7. The van der Waals surface area contributed by atoms with Gasteiger partial charge >= 0.3 is 12.1 Å². The van der Waals surface area contributed by atoms with Crippen LogP contribution in [0.5, 0.6) is 0 Å². The van der Waals surface area contributed by atoms with Gasteiger partial charge in [0.05, 0.1) is 12.2 Å². The molecule has 1 saturated heterocycles. The summed E-state index contributed by atoms with van der Waals surface area (Å²) in [4.78, 5) is 37.5. The fraction of sp³-hybridized carbons (Fsp3) is 0.256. The average Bonchev–Trinajstić information content (AvgIpc) is 3.92. The van der Waals surface area contributed by atoms with Crippen LogP contribution >= 0.6 is 0 Å². The maximum absolute atomic E-state index is 10.6. The monoisotopic (exact) mass is 760 g/mol. The lowest BCUT2D eigenvalue weighted by Gasteiger charge is -2.31. The number of benzene rings is 2. The molecule has 0 aliphatic carbocycles. The second-order valence-electron chi connectivity index (χ2n) is 13.5. The molecule has 5 aromatic heterocycles. The smallest absolute Gasteiger partial charge is 0.475 e. The Morgan fingerprint density at radius 3 is 2.38 bits per heavy atom. The maximum atomic E-state index is 10.6. The number of carboxylic acids is 1. The van der Waals surface area contributed by atoms with Crippen LogP contribution in [0.25, 0.3) is 44.9 Å². The van der Waals surface area contributed by atoms with E-state index in [-0.39, 0.29) is 0 Å². The molecule has 2 aliphatic heterocycles. The highest BCUT2D eigenvalue weighted by molar-refractivity contribution is 5.90. The first-order chi connectivity index (χ1) is 27.2. The molecule has 0 amide bonds. The van der Waals surface area contributed by atoms with Gasteiger partial charge in [-0.3, -0.25) is 15.0 Å². The van der Waals surface area contributed by atoms with E-state index in [0.717, 1.165) is 90.7 Å². The molecule has 0 unspecified atom stereocenters. The van der Waals surface area contributed by atoms with Crippen molar-refractivity contribution in [3.63, 3.8) is 0 Å². The molecule has 2 aliphatic rings. The van der Waals surface area contributed by atoms with E-state index in [2.05, 4.69) is 94.3 Å². The number of anilines is 1. The summed E-state index contributed by atoms with van der Waals surface area (Å²) in [6.45, 7) is 5.13. The van der Waals surface area contributed by atoms with E-state index in [1.807, 2.05) is 30.5 Å². The highest BCUT2D eigenvalue weighted by Gasteiger charge is 2.38. The van der Waals surface area contributed by atoms with Crippen molar-refractivity contribution in [1.29, 1.82) is 0 Å². The largest absolute Gasteiger partial charge is 0.490 e. The molecule has 9 rings (SSSR count). The maximum Gasteiger partial charge on any atom is 0.490 e. The molecule has 1 fully saturated rings. The molecule has 284 valence electrons. The van der Waals surface area contributed by atoms with Gasteiger partial charge in [0.2, 0.25) is 5.95 Å². The highest BCUT2D eigenvalue weighted by Crippen LogP contribution is 2.34. The van der Waals surface area contributed by atoms with Gasteiger partial charge in [0.1, 0.15) is 17.8 Å². The number of H-pyrrole nitrogens is 1. The summed E-state index contributed by atoms with van der Waals surface area (Å²) in [5.41, 5.74) is 6.89. The first-order valence-electron chi connectivity index (χ1n) is 18.0.